The van der Waals surface area contributed by atoms with Gasteiger partial charge in [-0.3, -0.25) is 18.9 Å². The third-order valence-corrected chi connectivity index (χ3v) is 8.57. The Hall–Kier alpha value is -1.59. The number of aliphatic hydroxyl groups is 1. The monoisotopic (exact) mass is 553 g/mol. The van der Waals surface area contributed by atoms with Crippen LogP contribution in [-0.4, -0.2) is 69.1 Å². The Morgan fingerprint density at radius 3 is 2.53 bits per heavy atom. The van der Waals surface area contributed by atoms with E-state index < -0.39 is 59.7 Å². The number of ether oxygens (including phenoxy) is 1. The fourth-order valence-corrected chi connectivity index (χ4v) is 6.29. The van der Waals surface area contributed by atoms with Crippen LogP contribution < -0.4 is 11.3 Å². The van der Waals surface area contributed by atoms with Gasteiger partial charge in [0, 0.05) is 0 Å². The average molecular weight is 553 g/mol. The largest absolute Gasteiger partial charge is 0.490 e. The number of nitrogens with two attached hydrogens (primary N) is 1. The van der Waals surface area contributed by atoms with E-state index in [4.69, 9.17) is 20.3 Å². The van der Waals surface area contributed by atoms with Crippen LogP contribution >= 0.6 is 23.5 Å². The first kappa shape index (κ1) is 27.0. The molecule has 1 fully saturated rings. The van der Waals surface area contributed by atoms with Crippen LogP contribution in [0.15, 0.2) is 11.1 Å². The summed E-state index contributed by atoms with van der Waals surface area (Å²) in [4.78, 5) is 57.6. The molecular formula is C12H19FN5O13P3. The van der Waals surface area contributed by atoms with Gasteiger partial charge in [-0.25, -0.2) is 23.1 Å². The van der Waals surface area contributed by atoms with Crippen LogP contribution in [0.1, 0.15) is 13.3 Å². The molecule has 0 saturated carbocycles. The van der Waals surface area contributed by atoms with E-state index in [1.54, 1.807) is 0 Å². The fraction of sp³-hybridized carbons (Fsp3) is 0.583. The van der Waals surface area contributed by atoms with Crippen molar-refractivity contribution in [2.45, 2.75) is 30.8 Å². The first-order valence-electron chi connectivity index (χ1n) is 8.96. The zero-order valence-corrected chi connectivity index (χ0v) is 19.6. The number of aromatic nitrogens is 4. The van der Waals surface area contributed by atoms with Crippen LogP contribution in [0.4, 0.5) is 10.3 Å². The quantitative estimate of drug-likeness (QED) is 0.187. The van der Waals surface area contributed by atoms with E-state index in [0.717, 1.165) is 6.33 Å². The Labute approximate surface area is 187 Å². The van der Waals surface area contributed by atoms with Crippen LogP contribution in [0.5, 0.6) is 0 Å². The SMILES string of the molecule is CC[C@]1(COP(=O)(O)OP(=O)(O)OP(=O)(O)O)OC[C@](F)(n2cnc3c(=O)[nH]c(N)nc32)[C@@H]1O. The Bertz CT molecular complexity index is 1300. The number of hydrogen-bond acceptors (Lipinski definition) is 12. The Balaban J connectivity index is 1.85. The van der Waals surface area contributed by atoms with Crippen molar-refractivity contribution in [2.24, 2.45) is 0 Å². The van der Waals surface area contributed by atoms with Crippen molar-refractivity contribution in [3.05, 3.63) is 16.7 Å². The Morgan fingerprint density at radius 2 is 1.94 bits per heavy atom. The summed E-state index contributed by atoms with van der Waals surface area (Å²) in [5.41, 5.74) is 1.99. The van der Waals surface area contributed by atoms with Crippen LogP contribution in [0.2, 0.25) is 0 Å². The highest BCUT2D eigenvalue weighted by atomic mass is 31.3. The van der Waals surface area contributed by atoms with E-state index in [9.17, 15) is 33.4 Å². The molecule has 0 spiro atoms. The first-order chi connectivity index (χ1) is 15.4. The van der Waals surface area contributed by atoms with Crippen molar-refractivity contribution in [3.63, 3.8) is 0 Å². The summed E-state index contributed by atoms with van der Waals surface area (Å²) in [6.07, 6.45) is -1.55. The molecule has 0 aromatic carbocycles. The number of aromatic amines is 1. The maximum atomic E-state index is 16.0. The second-order valence-corrected chi connectivity index (χ2v) is 11.5. The summed E-state index contributed by atoms with van der Waals surface area (Å²) in [6.45, 7) is -0.618. The fourth-order valence-electron chi connectivity index (χ4n) is 3.22. The van der Waals surface area contributed by atoms with E-state index in [1.165, 1.54) is 6.92 Å². The van der Waals surface area contributed by atoms with Gasteiger partial charge in [0.1, 0.15) is 24.6 Å². The summed E-state index contributed by atoms with van der Waals surface area (Å²) < 4.78 is 67.9. The van der Waals surface area contributed by atoms with Gasteiger partial charge < -0.3 is 35.2 Å². The number of fused-ring (bicyclic) bond motifs is 1. The van der Waals surface area contributed by atoms with Gasteiger partial charge in [-0.1, -0.05) is 6.92 Å². The number of anilines is 1. The Morgan fingerprint density at radius 1 is 1.29 bits per heavy atom. The number of H-pyrrole nitrogens is 1. The summed E-state index contributed by atoms with van der Waals surface area (Å²) in [5, 5.41) is 10.8. The summed E-state index contributed by atoms with van der Waals surface area (Å²) in [5.74, 6) is -3.21. The minimum atomic E-state index is -5.79. The normalized spacial score (nSPS) is 29.2. The number of imidazole rings is 1. The molecule has 3 rings (SSSR count). The molecule has 34 heavy (non-hydrogen) atoms. The zero-order chi connectivity index (χ0) is 25.7. The van der Waals surface area contributed by atoms with E-state index in [2.05, 4.69) is 28.1 Å². The van der Waals surface area contributed by atoms with Gasteiger partial charge in [0.25, 0.3) is 5.56 Å². The smallest absolute Gasteiger partial charge is 0.385 e. The standard InChI is InChI=1S/C12H19FN5O13P3/c1-2-11(3-29-33(24,25)31-34(26,27)30-32(21,22)23)9(20)12(13,4-28-11)18-5-15-6-7(18)16-10(14)17-8(6)19/h5,9,20H,2-4H2,1H3,(H,24,25)(H,26,27)(H2,21,22,23)(H3,14,16,17,19)/t9-,11-,12+/m1/s1. The van der Waals surface area contributed by atoms with E-state index in [1.807, 2.05) is 0 Å². The van der Waals surface area contributed by atoms with E-state index in [-0.39, 0.29) is 23.5 Å². The second-order valence-electron chi connectivity index (χ2n) is 7.03. The summed E-state index contributed by atoms with van der Waals surface area (Å²) in [6, 6.07) is 0. The molecule has 0 amide bonds. The molecule has 2 unspecified atom stereocenters. The predicted octanol–water partition coefficient (Wildman–Crippen LogP) is -0.793. The molecule has 2 aromatic heterocycles. The lowest BCUT2D eigenvalue weighted by molar-refractivity contribution is -0.106. The molecule has 5 atom stereocenters. The molecule has 3 heterocycles. The molecule has 0 bridgehead atoms. The highest BCUT2D eigenvalue weighted by molar-refractivity contribution is 7.66. The lowest BCUT2D eigenvalue weighted by Crippen LogP contribution is -2.51. The van der Waals surface area contributed by atoms with Gasteiger partial charge in [-0.15, -0.1) is 0 Å². The number of rotatable bonds is 9. The highest BCUT2D eigenvalue weighted by Gasteiger charge is 2.61. The number of alkyl halides is 1. The summed E-state index contributed by atoms with van der Waals surface area (Å²) >= 11 is 0. The molecule has 1 aliphatic rings. The molecule has 22 heteroatoms. The number of phosphoric acid groups is 3. The van der Waals surface area contributed by atoms with Crippen molar-refractivity contribution in [3.8, 4) is 0 Å². The van der Waals surface area contributed by atoms with Crippen LogP contribution in [-0.2, 0) is 37.4 Å². The number of nitrogens with zero attached hydrogens (tertiary/aromatic N) is 3. The number of halogens is 1. The van der Waals surface area contributed by atoms with Gasteiger partial charge >= 0.3 is 23.5 Å². The Kier molecular flexibility index (Phi) is 7.00. The second kappa shape index (κ2) is 8.81. The summed E-state index contributed by atoms with van der Waals surface area (Å²) in [7, 11) is -17.0. The third-order valence-electron chi connectivity index (χ3n) is 4.79. The first-order valence-corrected chi connectivity index (χ1v) is 13.5. The van der Waals surface area contributed by atoms with Crippen LogP contribution in [0.25, 0.3) is 11.2 Å². The van der Waals surface area contributed by atoms with Gasteiger partial charge in [0.15, 0.2) is 11.2 Å². The van der Waals surface area contributed by atoms with Crippen LogP contribution in [0.3, 0.4) is 0 Å². The van der Waals surface area contributed by atoms with Crippen molar-refractivity contribution in [1.82, 2.24) is 19.5 Å². The van der Waals surface area contributed by atoms with Crippen molar-refractivity contribution >= 4 is 40.6 Å². The van der Waals surface area contributed by atoms with Crippen molar-refractivity contribution in [2.75, 3.05) is 18.9 Å². The molecule has 0 aliphatic carbocycles. The predicted molar refractivity (Wildman–Crippen MR) is 106 cm³/mol. The average Bonchev–Trinajstić information content (AvgIpc) is 3.19. The number of phosphoric ester groups is 1. The molecule has 1 aliphatic heterocycles. The maximum absolute atomic E-state index is 16.0. The molecule has 18 nitrogen and oxygen atoms in total. The molecule has 0 radical (unpaired) electrons. The topological polar surface area (TPSA) is 279 Å². The number of nitrogens with one attached hydrogen (secondary N) is 1. The van der Waals surface area contributed by atoms with Crippen LogP contribution in [0, 0.1) is 0 Å². The molecule has 1 saturated heterocycles. The molecule has 2 aromatic rings. The van der Waals surface area contributed by atoms with Crippen molar-refractivity contribution in [1.29, 1.82) is 0 Å². The van der Waals surface area contributed by atoms with Gasteiger partial charge in [-0.05, 0) is 6.42 Å². The lowest BCUT2D eigenvalue weighted by atomic mass is 9.91. The van der Waals surface area contributed by atoms with Gasteiger partial charge in [0.2, 0.25) is 11.7 Å². The highest BCUT2D eigenvalue weighted by Crippen LogP contribution is 2.66. The minimum Gasteiger partial charge on any atom is -0.385 e. The molecule has 192 valence electrons. The van der Waals surface area contributed by atoms with Crippen molar-refractivity contribution < 1.29 is 60.6 Å². The maximum Gasteiger partial charge on any atom is 0.490 e. The minimum absolute atomic E-state index is 0.252. The van der Waals surface area contributed by atoms with E-state index >= 15 is 4.39 Å². The molecule has 8 N–H and O–H groups in total. The van der Waals surface area contributed by atoms with Gasteiger partial charge in [-0.2, -0.15) is 13.6 Å². The lowest BCUT2D eigenvalue weighted by Gasteiger charge is -2.33. The number of hydrogen-bond donors (Lipinski definition) is 7. The van der Waals surface area contributed by atoms with Gasteiger partial charge in [0.05, 0.1) is 6.61 Å². The number of aliphatic hydroxyl groups excluding tert-OH is 1. The van der Waals surface area contributed by atoms with E-state index in [0.29, 0.717) is 4.57 Å². The third kappa shape index (κ3) is 5.31. The number of nitrogen functional groups attached to an aromatic ring is 1. The zero-order valence-electron chi connectivity index (χ0n) is 16.9. The molecular weight excluding hydrogens is 534 g/mol.